The topological polar surface area (TPSA) is 0 Å². The van der Waals surface area contributed by atoms with Crippen LogP contribution >= 0.6 is 11.6 Å². The standard InChI is InChI=1S/C16H20ClF/c1-9-5-13(6-10(2)16(9)18)15(17)14-8-11-3-4-12(14)7-11/h5-6,11-12,14-15H,3-4,7-8H2,1-2H3. The Kier molecular flexibility index (Phi) is 3.13. The van der Waals surface area contributed by atoms with Gasteiger partial charge >= 0.3 is 0 Å². The molecule has 98 valence electrons. The molecule has 4 atom stereocenters. The average Bonchev–Trinajstić information content (AvgIpc) is 2.96. The quantitative estimate of drug-likeness (QED) is 0.649. The first-order valence-electron chi connectivity index (χ1n) is 6.97. The molecule has 2 saturated carbocycles. The molecule has 0 spiro atoms. The van der Waals surface area contributed by atoms with Gasteiger partial charge in [-0.2, -0.15) is 0 Å². The highest BCUT2D eigenvalue weighted by molar-refractivity contribution is 6.21. The molecule has 0 amide bonds. The van der Waals surface area contributed by atoms with Gasteiger partial charge in [0.1, 0.15) is 5.82 Å². The molecule has 0 heterocycles. The van der Waals surface area contributed by atoms with Crippen LogP contribution in [0.15, 0.2) is 12.1 Å². The van der Waals surface area contributed by atoms with Crippen molar-refractivity contribution in [2.45, 2.75) is 44.9 Å². The largest absolute Gasteiger partial charge is 0.206 e. The maximum atomic E-state index is 13.7. The molecule has 2 aliphatic carbocycles. The first-order chi connectivity index (χ1) is 8.56. The van der Waals surface area contributed by atoms with E-state index in [0.717, 1.165) is 28.5 Å². The van der Waals surface area contributed by atoms with Gasteiger partial charge in [-0.3, -0.25) is 0 Å². The monoisotopic (exact) mass is 266 g/mol. The van der Waals surface area contributed by atoms with Gasteiger partial charge in [-0.1, -0.05) is 18.6 Å². The number of hydrogen-bond acceptors (Lipinski definition) is 0. The number of rotatable bonds is 2. The number of alkyl halides is 1. The lowest BCUT2D eigenvalue weighted by Crippen LogP contribution is -2.16. The van der Waals surface area contributed by atoms with Crippen LogP contribution in [0, 0.1) is 37.4 Å². The molecule has 2 aliphatic rings. The lowest BCUT2D eigenvalue weighted by Gasteiger charge is -2.27. The van der Waals surface area contributed by atoms with Crippen molar-refractivity contribution in [2.75, 3.05) is 0 Å². The Hall–Kier alpha value is -0.560. The average molecular weight is 267 g/mol. The Morgan fingerprint density at radius 1 is 1.17 bits per heavy atom. The number of halogens is 2. The van der Waals surface area contributed by atoms with Crippen LogP contribution in [0.4, 0.5) is 4.39 Å². The van der Waals surface area contributed by atoms with Gasteiger partial charge in [-0.05, 0) is 67.6 Å². The van der Waals surface area contributed by atoms with Crippen molar-refractivity contribution in [3.63, 3.8) is 0 Å². The van der Waals surface area contributed by atoms with E-state index in [4.69, 9.17) is 11.6 Å². The predicted octanol–water partition coefficient (Wildman–Crippen LogP) is 5.16. The van der Waals surface area contributed by atoms with Crippen molar-refractivity contribution in [1.82, 2.24) is 0 Å². The van der Waals surface area contributed by atoms with Gasteiger partial charge in [-0.25, -0.2) is 4.39 Å². The third-order valence-electron chi connectivity index (χ3n) is 4.95. The lowest BCUT2D eigenvalue weighted by molar-refractivity contribution is 0.323. The van der Waals surface area contributed by atoms with Crippen molar-refractivity contribution in [2.24, 2.45) is 17.8 Å². The summed E-state index contributed by atoms with van der Waals surface area (Å²) in [6.45, 7) is 3.66. The van der Waals surface area contributed by atoms with E-state index >= 15 is 0 Å². The zero-order chi connectivity index (χ0) is 12.9. The highest BCUT2D eigenvalue weighted by atomic mass is 35.5. The molecule has 2 fully saturated rings. The molecule has 0 saturated heterocycles. The summed E-state index contributed by atoms with van der Waals surface area (Å²) >= 11 is 6.68. The second kappa shape index (κ2) is 4.52. The second-order valence-corrected chi connectivity index (χ2v) is 6.68. The molecule has 1 aromatic carbocycles. The van der Waals surface area contributed by atoms with Crippen LogP contribution in [-0.2, 0) is 0 Å². The van der Waals surface area contributed by atoms with E-state index in [-0.39, 0.29) is 11.2 Å². The first kappa shape index (κ1) is 12.5. The smallest absolute Gasteiger partial charge is 0.129 e. The fourth-order valence-corrected chi connectivity index (χ4v) is 4.47. The predicted molar refractivity (Wildman–Crippen MR) is 73.4 cm³/mol. The van der Waals surface area contributed by atoms with Crippen LogP contribution < -0.4 is 0 Å². The fourth-order valence-electron chi connectivity index (χ4n) is 4.04. The van der Waals surface area contributed by atoms with Crippen LogP contribution in [0.25, 0.3) is 0 Å². The van der Waals surface area contributed by atoms with Gasteiger partial charge in [0.2, 0.25) is 0 Å². The molecular formula is C16H20ClF. The SMILES string of the molecule is Cc1cc(C(Cl)C2CC3CCC2C3)cc(C)c1F. The van der Waals surface area contributed by atoms with Crippen molar-refractivity contribution < 1.29 is 4.39 Å². The molecule has 2 bridgehead atoms. The number of aryl methyl sites for hydroxylation is 2. The third kappa shape index (κ3) is 1.97. The van der Waals surface area contributed by atoms with E-state index in [0.29, 0.717) is 5.92 Å². The molecule has 3 rings (SSSR count). The van der Waals surface area contributed by atoms with E-state index in [1.54, 1.807) is 0 Å². The van der Waals surface area contributed by atoms with E-state index < -0.39 is 0 Å². The fraction of sp³-hybridized carbons (Fsp3) is 0.625. The van der Waals surface area contributed by atoms with Crippen LogP contribution in [0.5, 0.6) is 0 Å². The van der Waals surface area contributed by atoms with Gasteiger partial charge in [0.25, 0.3) is 0 Å². The first-order valence-corrected chi connectivity index (χ1v) is 7.40. The highest BCUT2D eigenvalue weighted by Crippen LogP contribution is 2.54. The molecule has 0 aliphatic heterocycles. The summed E-state index contributed by atoms with van der Waals surface area (Å²) in [6, 6.07) is 3.87. The summed E-state index contributed by atoms with van der Waals surface area (Å²) < 4.78 is 13.7. The minimum Gasteiger partial charge on any atom is -0.206 e. The van der Waals surface area contributed by atoms with E-state index in [1.165, 1.54) is 25.7 Å². The molecule has 18 heavy (non-hydrogen) atoms. The van der Waals surface area contributed by atoms with Crippen LogP contribution in [-0.4, -0.2) is 0 Å². The Morgan fingerprint density at radius 3 is 2.33 bits per heavy atom. The summed E-state index contributed by atoms with van der Waals surface area (Å²) in [5.41, 5.74) is 2.56. The zero-order valence-corrected chi connectivity index (χ0v) is 11.8. The minimum absolute atomic E-state index is 0.0679. The summed E-state index contributed by atoms with van der Waals surface area (Å²) in [4.78, 5) is 0. The van der Waals surface area contributed by atoms with Gasteiger partial charge in [0, 0.05) is 0 Å². The van der Waals surface area contributed by atoms with Crippen molar-refractivity contribution >= 4 is 11.6 Å². The molecule has 0 N–H and O–H groups in total. The summed E-state index contributed by atoms with van der Waals surface area (Å²) in [7, 11) is 0. The third-order valence-corrected chi connectivity index (χ3v) is 5.52. The van der Waals surface area contributed by atoms with Gasteiger partial charge in [-0.15, -0.1) is 11.6 Å². The number of benzene rings is 1. The molecule has 2 heteroatoms. The summed E-state index contributed by atoms with van der Waals surface area (Å²) in [6.07, 6.45) is 5.38. The Labute approximate surface area is 114 Å². The maximum Gasteiger partial charge on any atom is 0.129 e. The van der Waals surface area contributed by atoms with Crippen LogP contribution in [0.2, 0.25) is 0 Å². The Balaban J connectivity index is 1.86. The van der Waals surface area contributed by atoms with Crippen LogP contribution in [0.3, 0.4) is 0 Å². The highest BCUT2D eigenvalue weighted by Gasteiger charge is 2.43. The van der Waals surface area contributed by atoms with Crippen LogP contribution in [0.1, 0.15) is 47.8 Å². The van der Waals surface area contributed by atoms with E-state index in [1.807, 2.05) is 26.0 Å². The molecule has 0 radical (unpaired) electrons. The summed E-state index contributed by atoms with van der Waals surface area (Å²) in [5.74, 6) is 2.23. The number of hydrogen-bond donors (Lipinski definition) is 0. The van der Waals surface area contributed by atoms with Gasteiger partial charge in [0.15, 0.2) is 0 Å². The summed E-state index contributed by atoms with van der Waals surface area (Å²) in [5, 5.41) is 0.0679. The maximum absolute atomic E-state index is 13.7. The molecule has 0 aromatic heterocycles. The number of fused-ring (bicyclic) bond motifs is 2. The molecule has 1 aromatic rings. The molecular weight excluding hydrogens is 247 g/mol. The van der Waals surface area contributed by atoms with Gasteiger partial charge < -0.3 is 0 Å². The minimum atomic E-state index is -0.0874. The normalized spacial score (nSPS) is 31.9. The lowest BCUT2D eigenvalue weighted by atomic mass is 9.83. The zero-order valence-electron chi connectivity index (χ0n) is 11.0. The van der Waals surface area contributed by atoms with E-state index in [2.05, 4.69) is 0 Å². The Morgan fingerprint density at radius 2 is 1.83 bits per heavy atom. The van der Waals surface area contributed by atoms with Gasteiger partial charge in [0.05, 0.1) is 5.38 Å². The van der Waals surface area contributed by atoms with Crippen molar-refractivity contribution in [1.29, 1.82) is 0 Å². The molecule has 4 unspecified atom stereocenters. The Bertz CT molecular complexity index is 445. The second-order valence-electron chi connectivity index (χ2n) is 6.21. The van der Waals surface area contributed by atoms with E-state index in [9.17, 15) is 4.39 Å². The van der Waals surface area contributed by atoms with Crippen molar-refractivity contribution in [3.05, 3.63) is 34.6 Å². The molecule has 0 nitrogen and oxygen atoms in total. The van der Waals surface area contributed by atoms with Crippen molar-refractivity contribution in [3.8, 4) is 0 Å².